The van der Waals surface area contributed by atoms with Gasteiger partial charge in [-0.05, 0) is 39.0 Å². The number of hydrogen-bond donors (Lipinski definition) is 1. The highest BCUT2D eigenvalue weighted by molar-refractivity contribution is 5.43. The smallest absolute Gasteiger partial charge is 0.125 e. The van der Waals surface area contributed by atoms with Gasteiger partial charge in [0, 0.05) is 11.1 Å². The van der Waals surface area contributed by atoms with Gasteiger partial charge in [-0.3, -0.25) is 0 Å². The summed E-state index contributed by atoms with van der Waals surface area (Å²) in [7, 11) is 0. The molecule has 0 aliphatic heterocycles. The molecule has 1 aromatic carbocycles. The van der Waals surface area contributed by atoms with Crippen LogP contribution in [-0.4, -0.2) is 11.7 Å². The minimum atomic E-state index is -0.717. The third-order valence-corrected chi connectivity index (χ3v) is 2.95. The summed E-state index contributed by atoms with van der Waals surface area (Å²) in [5.74, 6) is 1.45. The minimum Gasteiger partial charge on any atom is -0.493 e. The lowest BCUT2D eigenvalue weighted by molar-refractivity contribution is 0.209. The number of furan rings is 1. The predicted octanol–water partition coefficient (Wildman–Crippen LogP) is 3.38. The van der Waals surface area contributed by atoms with Gasteiger partial charge >= 0.3 is 0 Å². The van der Waals surface area contributed by atoms with Crippen LogP contribution in [0.3, 0.4) is 0 Å². The Labute approximate surface area is 107 Å². The van der Waals surface area contributed by atoms with Gasteiger partial charge in [-0.2, -0.15) is 0 Å². The maximum atomic E-state index is 10.5. The van der Waals surface area contributed by atoms with E-state index >= 15 is 0 Å². The van der Waals surface area contributed by atoms with Crippen LogP contribution in [-0.2, 0) is 0 Å². The molecule has 18 heavy (non-hydrogen) atoms. The third kappa shape index (κ3) is 2.41. The van der Waals surface area contributed by atoms with Crippen LogP contribution in [0.15, 0.2) is 34.9 Å². The van der Waals surface area contributed by atoms with E-state index < -0.39 is 6.10 Å². The standard InChI is InChI=1S/C15H18O3/c1-4-17-14-6-5-10(2)9-13(14)15(16)12-7-8-18-11(12)3/h5-9,15-16H,4H2,1-3H3. The van der Waals surface area contributed by atoms with Crippen LogP contribution < -0.4 is 4.74 Å². The number of benzene rings is 1. The topological polar surface area (TPSA) is 42.6 Å². The van der Waals surface area contributed by atoms with Crippen molar-refractivity contribution in [3.63, 3.8) is 0 Å². The van der Waals surface area contributed by atoms with Gasteiger partial charge in [0.2, 0.25) is 0 Å². The van der Waals surface area contributed by atoms with E-state index in [1.54, 1.807) is 12.3 Å². The fourth-order valence-corrected chi connectivity index (χ4v) is 2.01. The van der Waals surface area contributed by atoms with Crippen LogP contribution in [0.1, 0.15) is 35.5 Å². The molecule has 1 unspecified atom stereocenters. The number of hydrogen-bond acceptors (Lipinski definition) is 3. The molecule has 0 bridgehead atoms. The monoisotopic (exact) mass is 246 g/mol. The van der Waals surface area contributed by atoms with Crippen molar-refractivity contribution in [2.24, 2.45) is 0 Å². The van der Waals surface area contributed by atoms with Gasteiger partial charge in [-0.15, -0.1) is 0 Å². The van der Waals surface area contributed by atoms with Crippen LogP contribution in [0.5, 0.6) is 5.75 Å². The average Bonchev–Trinajstić information content (AvgIpc) is 2.77. The first kappa shape index (κ1) is 12.7. The lowest BCUT2D eigenvalue weighted by atomic mass is 9.99. The molecule has 0 amide bonds. The number of aliphatic hydroxyl groups is 1. The average molecular weight is 246 g/mol. The molecule has 2 rings (SSSR count). The van der Waals surface area contributed by atoms with E-state index in [0.29, 0.717) is 6.61 Å². The van der Waals surface area contributed by atoms with Crippen LogP contribution in [0.4, 0.5) is 0 Å². The van der Waals surface area contributed by atoms with Crippen molar-refractivity contribution >= 4 is 0 Å². The van der Waals surface area contributed by atoms with Crippen molar-refractivity contribution in [1.29, 1.82) is 0 Å². The van der Waals surface area contributed by atoms with Crippen LogP contribution in [0, 0.1) is 13.8 Å². The van der Waals surface area contributed by atoms with E-state index in [9.17, 15) is 5.11 Å². The minimum absolute atomic E-state index is 0.577. The number of rotatable bonds is 4. The van der Waals surface area contributed by atoms with Crippen LogP contribution >= 0.6 is 0 Å². The molecule has 0 aliphatic carbocycles. The Morgan fingerprint density at radius 2 is 2.00 bits per heavy atom. The zero-order valence-electron chi connectivity index (χ0n) is 10.9. The summed E-state index contributed by atoms with van der Waals surface area (Å²) in [6.07, 6.45) is 0.870. The summed E-state index contributed by atoms with van der Waals surface area (Å²) in [5, 5.41) is 10.5. The molecule has 0 fully saturated rings. The fourth-order valence-electron chi connectivity index (χ4n) is 2.01. The summed E-state index contributed by atoms with van der Waals surface area (Å²) in [6, 6.07) is 7.61. The molecule has 3 nitrogen and oxygen atoms in total. The van der Waals surface area contributed by atoms with Crippen molar-refractivity contribution < 1.29 is 14.3 Å². The predicted molar refractivity (Wildman–Crippen MR) is 69.9 cm³/mol. The van der Waals surface area contributed by atoms with Gasteiger partial charge < -0.3 is 14.3 Å². The van der Waals surface area contributed by atoms with E-state index in [0.717, 1.165) is 28.2 Å². The molecule has 0 spiro atoms. The van der Waals surface area contributed by atoms with Gasteiger partial charge in [0.1, 0.15) is 17.6 Å². The first-order valence-electron chi connectivity index (χ1n) is 6.09. The van der Waals surface area contributed by atoms with Gasteiger partial charge in [0.15, 0.2) is 0 Å². The van der Waals surface area contributed by atoms with Crippen molar-refractivity contribution in [2.45, 2.75) is 26.9 Å². The van der Waals surface area contributed by atoms with Crippen molar-refractivity contribution in [3.8, 4) is 5.75 Å². The quantitative estimate of drug-likeness (QED) is 0.899. The largest absolute Gasteiger partial charge is 0.493 e. The molecule has 0 saturated heterocycles. The lowest BCUT2D eigenvalue weighted by Gasteiger charge is -2.16. The third-order valence-electron chi connectivity index (χ3n) is 2.95. The fraction of sp³-hybridized carbons (Fsp3) is 0.333. The first-order valence-corrected chi connectivity index (χ1v) is 6.09. The second kappa shape index (κ2) is 5.27. The Hall–Kier alpha value is -1.74. The van der Waals surface area contributed by atoms with E-state index in [1.165, 1.54) is 0 Å². The molecule has 3 heteroatoms. The SMILES string of the molecule is CCOc1ccc(C)cc1C(O)c1ccoc1C. The van der Waals surface area contributed by atoms with Gasteiger partial charge in [0.25, 0.3) is 0 Å². The molecule has 0 saturated carbocycles. The Balaban J connectivity index is 2.43. The Bertz CT molecular complexity index is 528. The van der Waals surface area contributed by atoms with Crippen LogP contribution in [0.25, 0.3) is 0 Å². The second-order valence-electron chi connectivity index (χ2n) is 4.31. The maximum absolute atomic E-state index is 10.5. The van der Waals surface area contributed by atoms with Crippen molar-refractivity contribution in [3.05, 3.63) is 53.0 Å². The highest BCUT2D eigenvalue weighted by Crippen LogP contribution is 2.32. The van der Waals surface area contributed by atoms with E-state index in [-0.39, 0.29) is 0 Å². The summed E-state index contributed by atoms with van der Waals surface area (Å²) >= 11 is 0. The van der Waals surface area contributed by atoms with E-state index in [2.05, 4.69) is 0 Å². The summed E-state index contributed by atoms with van der Waals surface area (Å²) in [5.41, 5.74) is 2.65. The molecular weight excluding hydrogens is 228 g/mol. The number of aryl methyl sites for hydroxylation is 2. The Morgan fingerprint density at radius 3 is 2.61 bits per heavy atom. The zero-order valence-corrected chi connectivity index (χ0v) is 10.9. The molecular formula is C15H18O3. The molecule has 1 N–H and O–H groups in total. The summed E-state index contributed by atoms with van der Waals surface area (Å²) < 4.78 is 10.8. The normalized spacial score (nSPS) is 12.4. The summed E-state index contributed by atoms with van der Waals surface area (Å²) in [6.45, 7) is 6.34. The van der Waals surface area contributed by atoms with Gasteiger partial charge in [-0.25, -0.2) is 0 Å². The Kier molecular flexibility index (Phi) is 3.72. The van der Waals surface area contributed by atoms with Gasteiger partial charge in [-0.1, -0.05) is 11.6 Å². The Morgan fingerprint density at radius 1 is 1.22 bits per heavy atom. The van der Waals surface area contributed by atoms with E-state index in [1.807, 2.05) is 39.0 Å². The highest BCUT2D eigenvalue weighted by Gasteiger charge is 2.19. The molecule has 0 aliphatic rings. The molecule has 0 radical (unpaired) electrons. The highest BCUT2D eigenvalue weighted by atomic mass is 16.5. The molecule has 1 heterocycles. The zero-order chi connectivity index (χ0) is 13.1. The maximum Gasteiger partial charge on any atom is 0.125 e. The molecule has 1 aromatic heterocycles. The lowest BCUT2D eigenvalue weighted by Crippen LogP contribution is -2.04. The van der Waals surface area contributed by atoms with Gasteiger partial charge in [0.05, 0.1) is 12.9 Å². The molecule has 96 valence electrons. The molecule has 1 atom stereocenters. The first-order chi connectivity index (χ1) is 8.63. The van der Waals surface area contributed by atoms with Crippen LogP contribution in [0.2, 0.25) is 0 Å². The van der Waals surface area contributed by atoms with E-state index in [4.69, 9.17) is 9.15 Å². The second-order valence-corrected chi connectivity index (χ2v) is 4.31. The molecule has 2 aromatic rings. The number of aliphatic hydroxyl groups excluding tert-OH is 1. The number of ether oxygens (including phenoxy) is 1. The summed E-state index contributed by atoms with van der Waals surface area (Å²) in [4.78, 5) is 0. The van der Waals surface area contributed by atoms with Crippen molar-refractivity contribution in [1.82, 2.24) is 0 Å². The van der Waals surface area contributed by atoms with Crippen molar-refractivity contribution in [2.75, 3.05) is 6.61 Å².